The van der Waals surface area contributed by atoms with Gasteiger partial charge >= 0.3 is 0 Å². The molecular weight excluding hydrogens is 132 g/mol. The van der Waals surface area contributed by atoms with Crippen LogP contribution < -0.4 is 0 Å². The van der Waals surface area contributed by atoms with Crippen LogP contribution in [0.4, 0.5) is 0 Å². The van der Waals surface area contributed by atoms with Crippen LogP contribution in [-0.2, 0) is 14.2 Å². The van der Waals surface area contributed by atoms with Crippen molar-refractivity contribution in [2.75, 3.05) is 21.3 Å². The summed E-state index contributed by atoms with van der Waals surface area (Å²) in [5.41, 5.74) is 0. The van der Waals surface area contributed by atoms with Crippen LogP contribution in [0.15, 0.2) is 0 Å². The van der Waals surface area contributed by atoms with E-state index in [9.17, 15) is 0 Å². The van der Waals surface area contributed by atoms with Crippen LogP contribution >= 0.6 is 0 Å². The van der Waals surface area contributed by atoms with Crippen molar-refractivity contribution in [1.29, 1.82) is 0 Å². The molecule has 0 aromatic carbocycles. The molecule has 0 aromatic rings. The van der Waals surface area contributed by atoms with Crippen LogP contribution in [0.5, 0.6) is 0 Å². The van der Waals surface area contributed by atoms with Gasteiger partial charge in [-0.05, 0) is 0 Å². The Morgan fingerprint density at radius 3 is 1.70 bits per heavy atom. The molecule has 0 radical (unpaired) electrons. The van der Waals surface area contributed by atoms with Crippen molar-refractivity contribution in [3.05, 3.63) is 0 Å². The molecular formula is C7H12O3. The van der Waals surface area contributed by atoms with Gasteiger partial charge in [0.1, 0.15) is 0 Å². The molecule has 0 atom stereocenters. The Bertz CT molecular complexity index is 113. The molecule has 0 spiro atoms. The third-order valence-corrected chi connectivity index (χ3v) is 1.25. The quantitative estimate of drug-likeness (QED) is 0.427. The van der Waals surface area contributed by atoms with Gasteiger partial charge in [-0.15, -0.1) is 6.42 Å². The fourth-order valence-electron chi connectivity index (χ4n) is 0.592. The minimum atomic E-state index is -1.06. The maximum atomic E-state index is 5.05. The molecule has 0 heterocycles. The maximum absolute atomic E-state index is 5.05. The van der Waals surface area contributed by atoms with E-state index in [1.807, 2.05) is 0 Å². The van der Waals surface area contributed by atoms with Crippen LogP contribution in [0.1, 0.15) is 6.42 Å². The molecule has 0 aliphatic heterocycles. The summed E-state index contributed by atoms with van der Waals surface area (Å²) in [6, 6.07) is 0. The Labute approximate surface area is 61.3 Å². The van der Waals surface area contributed by atoms with E-state index in [1.54, 1.807) is 0 Å². The normalized spacial score (nSPS) is 11.0. The van der Waals surface area contributed by atoms with Crippen LogP contribution in [0.25, 0.3) is 0 Å². The minimum Gasteiger partial charge on any atom is -0.330 e. The monoisotopic (exact) mass is 144 g/mol. The lowest BCUT2D eigenvalue weighted by atomic mass is 10.4. The largest absolute Gasteiger partial charge is 0.330 e. The highest BCUT2D eigenvalue weighted by atomic mass is 16.9. The lowest BCUT2D eigenvalue weighted by molar-refractivity contribution is -0.348. The third-order valence-electron chi connectivity index (χ3n) is 1.25. The average molecular weight is 144 g/mol. The molecule has 3 heteroatoms. The molecule has 0 bridgehead atoms. The van der Waals surface area contributed by atoms with Gasteiger partial charge in [-0.1, -0.05) is 5.92 Å². The molecule has 0 saturated heterocycles. The van der Waals surface area contributed by atoms with Crippen molar-refractivity contribution in [3.8, 4) is 12.3 Å². The Morgan fingerprint density at radius 2 is 1.60 bits per heavy atom. The molecule has 0 amide bonds. The van der Waals surface area contributed by atoms with Crippen molar-refractivity contribution in [3.63, 3.8) is 0 Å². The first-order valence-corrected chi connectivity index (χ1v) is 2.83. The van der Waals surface area contributed by atoms with Gasteiger partial charge in [0.15, 0.2) is 0 Å². The summed E-state index contributed by atoms with van der Waals surface area (Å²) in [5, 5.41) is 0. The number of rotatable bonds is 4. The van der Waals surface area contributed by atoms with Gasteiger partial charge in [0.05, 0.1) is 6.42 Å². The van der Waals surface area contributed by atoms with Crippen molar-refractivity contribution in [2.24, 2.45) is 0 Å². The molecule has 0 fully saturated rings. The number of methoxy groups -OCH3 is 3. The summed E-state index contributed by atoms with van der Waals surface area (Å²) >= 11 is 0. The molecule has 10 heavy (non-hydrogen) atoms. The van der Waals surface area contributed by atoms with Crippen LogP contribution in [0.2, 0.25) is 0 Å². The molecule has 0 unspecified atom stereocenters. The Kier molecular flexibility index (Phi) is 4.05. The lowest BCUT2D eigenvalue weighted by Crippen LogP contribution is -2.35. The van der Waals surface area contributed by atoms with E-state index in [-0.39, 0.29) is 6.42 Å². The predicted molar refractivity (Wildman–Crippen MR) is 37.2 cm³/mol. The first-order valence-electron chi connectivity index (χ1n) is 2.83. The molecule has 0 aliphatic carbocycles. The van der Waals surface area contributed by atoms with E-state index in [4.69, 9.17) is 20.6 Å². The van der Waals surface area contributed by atoms with Crippen molar-refractivity contribution in [1.82, 2.24) is 0 Å². The summed E-state index contributed by atoms with van der Waals surface area (Å²) in [6.45, 7) is 0. The highest BCUT2D eigenvalue weighted by molar-refractivity contribution is 4.87. The van der Waals surface area contributed by atoms with Gasteiger partial charge in [0, 0.05) is 21.3 Å². The van der Waals surface area contributed by atoms with Gasteiger partial charge in [0.2, 0.25) is 0 Å². The van der Waals surface area contributed by atoms with Crippen molar-refractivity contribution < 1.29 is 14.2 Å². The van der Waals surface area contributed by atoms with Crippen LogP contribution in [0.3, 0.4) is 0 Å². The number of ether oxygens (including phenoxy) is 3. The van der Waals surface area contributed by atoms with E-state index >= 15 is 0 Å². The zero-order chi connectivity index (χ0) is 8.04. The predicted octanol–water partition coefficient (Wildman–Crippen LogP) is 0.603. The zero-order valence-electron chi connectivity index (χ0n) is 6.51. The molecule has 0 aromatic heterocycles. The summed E-state index contributed by atoms with van der Waals surface area (Å²) in [5.74, 6) is 1.33. The van der Waals surface area contributed by atoms with Crippen LogP contribution in [-0.4, -0.2) is 27.3 Å². The number of hydrogen-bond donors (Lipinski definition) is 0. The Balaban J connectivity index is 4.04. The van der Waals surface area contributed by atoms with Crippen molar-refractivity contribution >= 4 is 0 Å². The maximum Gasteiger partial charge on any atom is 0.293 e. The van der Waals surface area contributed by atoms with Gasteiger partial charge in [-0.25, -0.2) is 0 Å². The molecule has 0 rings (SSSR count). The van der Waals surface area contributed by atoms with E-state index in [0.29, 0.717) is 0 Å². The zero-order valence-corrected chi connectivity index (χ0v) is 6.51. The second-order valence-corrected chi connectivity index (χ2v) is 1.68. The molecule has 3 nitrogen and oxygen atoms in total. The van der Waals surface area contributed by atoms with E-state index in [2.05, 4.69) is 5.92 Å². The number of hydrogen-bond acceptors (Lipinski definition) is 3. The first-order chi connectivity index (χ1) is 4.74. The Morgan fingerprint density at radius 1 is 1.20 bits per heavy atom. The SMILES string of the molecule is C#CCC(OC)(OC)OC. The van der Waals surface area contributed by atoms with Gasteiger partial charge < -0.3 is 14.2 Å². The molecule has 0 N–H and O–H groups in total. The summed E-state index contributed by atoms with van der Waals surface area (Å²) in [6.07, 6.45) is 5.33. The highest BCUT2D eigenvalue weighted by Crippen LogP contribution is 2.15. The molecule has 0 aliphatic rings. The summed E-state index contributed by atoms with van der Waals surface area (Å²) < 4.78 is 14.7. The van der Waals surface area contributed by atoms with E-state index in [0.717, 1.165) is 0 Å². The standard InChI is InChI=1S/C7H12O3/c1-5-6-7(8-2,9-3)10-4/h1H,6H2,2-4H3. The number of terminal acetylenes is 1. The van der Waals surface area contributed by atoms with E-state index in [1.165, 1.54) is 21.3 Å². The van der Waals surface area contributed by atoms with Gasteiger partial charge in [-0.3, -0.25) is 0 Å². The summed E-state index contributed by atoms with van der Waals surface area (Å²) in [4.78, 5) is 0. The molecule has 58 valence electrons. The fraction of sp³-hybridized carbons (Fsp3) is 0.714. The van der Waals surface area contributed by atoms with Gasteiger partial charge in [-0.2, -0.15) is 0 Å². The minimum absolute atomic E-state index is 0.274. The fourth-order valence-corrected chi connectivity index (χ4v) is 0.592. The average Bonchev–Trinajstić information content (AvgIpc) is 2.01. The topological polar surface area (TPSA) is 27.7 Å². The highest BCUT2D eigenvalue weighted by Gasteiger charge is 2.27. The van der Waals surface area contributed by atoms with Gasteiger partial charge in [0.25, 0.3) is 5.97 Å². The van der Waals surface area contributed by atoms with Crippen molar-refractivity contribution in [2.45, 2.75) is 12.4 Å². The second-order valence-electron chi connectivity index (χ2n) is 1.68. The van der Waals surface area contributed by atoms with Crippen LogP contribution in [0, 0.1) is 12.3 Å². The summed E-state index contributed by atoms with van der Waals surface area (Å²) in [7, 11) is 4.43. The lowest BCUT2D eigenvalue weighted by Gasteiger charge is -2.26. The van der Waals surface area contributed by atoms with E-state index < -0.39 is 5.97 Å². The first kappa shape index (κ1) is 9.44. The Hall–Kier alpha value is -0.560. The molecule has 0 saturated carbocycles. The smallest absolute Gasteiger partial charge is 0.293 e. The second kappa shape index (κ2) is 4.29. The third kappa shape index (κ3) is 1.99.